The van der Waals surface area contributed by atoms with Gasteiger partial charge in [0.05, 0.1) is 4.90 Å². The van der Waals surface area contributed by atoms with Gasteiger partial charge in [0.25, 0.3) is 0 Å². The standard InChI is InChI=1S/C22H29N3O3S/c1-5-17-6-8-18(9-7-17)22(24(3)4)15-23-29(27,28)20-10-11-21-19(14-20)12-13-25(21)16(2)26/h6-11,14,22-23H,5,12-13,15H2,1-4H3/t22-/m0/s1. The fourth-order valence-corrected chi connectivity index (χ4v) is 4.81. The molecule has 0 spiro atoms. The molecule has 1 atom stereocenters. The van der Waals surface area contributed by atoms with Crippen LogP contribution in [0.25, 0.3) is 0 Å². The van der Waals surface area contributed by atoms with Gasteiger partial charge in [0, 0.05) is 31.7 Å². The highest BCUT2D eigenvalue weighted by Crippen LogP contribution is 2.30. The molecule has 0 saturated heterocycles. The molecule has 29 heavy (non-hydrogen) atoms. The third kappa shape index (κ3) is 4.69. The first-order chi connectivity index (χ1) is 13.7. The molecule has 0 radical (unpaired) electrons. The van der Waals surface area contributed by atoms with Crippen LogP contribution in [0.5, 0.6) is 0 Å². The molecule has 1 N–H and O–H groups in total. The number of carbonyl (C=O) groups excluding carboxylic acids is 1. The lowest BCUT2D eigenvalue weighted by molar-refractivity contribution is -0.116. The van der Waals surface area contributed by atoms with Gasteiger partial charge in [-0.05, 0) is 61.8 Å². The van der Waals surface area contributed by atoms with Crippen LogP contribution < -0.4 is 9.62 Å². The van der Waals surface area contributed by atoms with Crippen LogP contribution in [-0.2, 0) is 27.7 Å². The van der Waals surface area contributed by atoms with Crippen LogP contribution in [0.2, 0.25) is 0 Å². The number of amides is 1. The van der Waals surface area contributed by atoms with E-state index in [1.807, 2.05) is 19.0 Å². The molecule has 2 aromatic rings. The van der Waals surface area contributed by atoms with Crippen LogP contribution in [0.1, 0.15) is 36.6 Å². The molecule has 2 aromatic carbocycles. The Morgan fingerprint density at radius 1 is 1.17 bits per heavy atom. The second kappa shape index (κ2) is 8.65. The van der Waals surface area contributed by atoms with Gasteiger partial charge in [-0.15, -0.1) is 0 Å². The molecule has 0 unspecified atom stereocenters. The molecule has 0 bridgehead atoms. The fourth-order valence-electron chi connectivity index (χ4n) is 3.72. The summed E-state index contributed by atoms with van der Waals surface area (Å²) in [6.07, 6.45) is 1.64. The highest BCUT2D eigenvalue weighted by Gasteiger charge is 2.25. The van der Waals surface area contributed by atoms with Gasteiger partial charge in [-0.25, -0.2) is 13.1 Å². The number of hydrogen-bond acceptors (Lipinski definition) is 4. The first-order valence-electron chi connectivity index (χ1n) is 9.89. The van der Waals surface area contributed by atoms with E-state index in [1.165, 1.54) is 12.5 Å². The SMILES string of the molecule is CCc1ccc([C@H](CNS(=O)(=O)c2ccc3c(c2)CCN3C(C)=O)N(C)C)cc1. The second-order valence-corrected chi connectivity index (χ2v) is 9.40. The summed E-state index contributed by atoms with van der Waals surface area (Å²) in [6, 6.07) is 13.2. The molecule has 6 nitrogen and oxygen atoms in total. The smallest absolute Gasteiger partial charge is 0.240 e. The van der Waals surface area contributed by atoms with Crippen molar-refractivity contribution in [3.8, 4) is 0 Å². The molecule has 3 rings (SSSR count). The summed E-state index contributed by atoms with van der Waals surface area (Å²) in [5.74, 6) is -0.0274. The predicted molar refractivity (Wildman–Crippen MR) is 116 cm³/mol. The summed E-state index contributed by atoms with van der Waals surface area (Å²) in [6.45, 7) is 4.50. The molecule has 0 fully saturated rings. The predicted octanol–water partition coefficient (Wildman–Crippen LogP) is 2.74. The molecule has 0 aliphatic carbocycles. The lowest BCUT2D eigenvalue weighted by atomic mass is 10.0. The highest BCUT2D eigenvalue weighted by atomic mass is 32.2. The lowest BCUT2D eigenvalue weighted by Crippen LogP contribution is -2.34. The van der Waals surface area contributed by atoms with E-state index in [-0.39, 0.29) is 23.4 Å². The van der Waals surface area contributed by atoms with Gasteiger partial charge in [0.2, 0.25) is 15.9 Å². The monoisotopic (exact) mass is 415 g/mol. The third-order valence-corrected chi connectivity index (χ3v) is 6.92. The number of fused-ring (bicyclic) bond motifs is 1. The molecule has 1 amide bonds. The lowest BCUT2D eigenvalue weighted by Gasteiger charge is -2.25. The largest absolute Gasteiger partial charge is 0.312 e. The normalized spacial score (nSPS) is 14.9. The first-order valence-corrected chi connectivity index (χ1v) is 11.4. The first kappa shape index (κ1) is 21.5. The topological polar surface area (TPSA) is 69.7 Å². The number of anilines is 1. The summed E-state index contributed by atoms with van der Waals surface area (Å²) in [4.78, 5) is 15.6. The summed E-state index contributed by atoms with van der Waals surface area (Å²) in [5, 5.41) is 0. The number of nitrogens with zero attached hydrogens (tertiary/aromatic N) is 2. The average molecular weight is 416 g/mol. The van der Waals surface area contributed by atoms with Crippen LogP contribution in [0.15, 0.2) is 47.4 Å². The Morgan fingerprint density at radius 2 is 1.86 bits per heavy atom. The van der Waals surface area contributed by atoms with Crippen molar-refractivity contribution in [1.29, 1.82) is 0 Å². The zero-order chi connectivity index (χ0) is 21.2. The maximum absolute atomic E-state index is 12.9. The van der Waals surface area contributed by atoms with Gasteiger partial charge in [-0.3, -0.25) is 4.79 Å². The minimum atomic E-state index is -3.65. The van der Waals surface area contributed by atoms with Crippen LogP contribution >= 0.6 is 0 Å². The van der Waals surface area contributed by atoms with Crippen molar-refractivity contribution in [2.45, 2.75) is 37.6 Å². The Balaban J connectivity index is 1.77. The van der Waals surface area contributed by atoms with Crippen LogP contribution in [0.3, 0.4) is 0 Å². The van der Waals surface area contributed by atoms with Crippen LogP contribution in [0.4, 0.5) is 5.69 Å². The molecule has 156 valence electrons. The van der Waals surface area contributed by atoms with E-state index in [0.717, 1.165) is 23.2 Å². The number of rotatable bonds is 7. The molecule has 1 aliphatic heterocycles. The number of benzene rings is 2. The zero-order valence-electron chi connectivity index (χ0n) is 17.5. The Morgan fingerprint density at radius 3 is 2.45 bits per heavy atom. The zero-order valence-corrected chi connectivity index (χ0v) is 18.3. The van der Waals surface area contributed by atoms with Crippen LogP contribution in [-0.4, -0.2) is 46.4 Å². The van der Waals surface area contributed by atoms with Crippen molar-refractivity contribution in [2.75, 3.05) is 32.1 Å². The Hall–Kier alpha value is -2.22. The molecular formula is C22H29N3O3S. The van der Waals surface area contributed by atoms with Gasteiger partial charge in [-0.1, -0.05) is 31.2 Å². The van der Waals surface area contributed by atoms with Crippen molar-refractivity contribution in [1.82, 2.24) is 9.62 Å². The maximum atomic E-state index is 12.9. The summed E-state index contributed by atoms with van der Waals surface area (Å²) in [7, 11) is 0.237. The van der Waals surface area contributed by atoms with Gasteiger partial charge in [-0.2, -0.15) is 0 Å². The summed E-state index contributed by atoms with van der Waals surface area (Å²) < 4.78 is 28.6. The van der Waals surface area contributed by atoms with E-state index in [1.54, 1.807) is 23.1 Å². The number of aryl methyl sites for hydroxylation is 1. The number of hydrogen-bond donors (Lipinski definition) is 1. The summed E-state index contributed by atoms with van der Waals surface area (Å²) >= 11 is 0. The Labute approximate surface area is 173 Å². The molecule has 1 heterocycles. The van der Waals surface area contributed by atoms with E-state index >= 15 is 0 Å². The van der Waals surface area contributed by atoms with Crippen molar-refractivity contribution in [3.05, 3.63) is 59.2 Å². The van der Waals surface area contributed by atoms with Crippen molar-refractivity contribution in [3.63, 3.8) is 0 Å². The van der Waals surface area contributed by atoms with E-state index in [0.29, 0.717) is 13.0 Å². The van der Waals surface area contributed by atoms with Gasteiger partial charge in [0.15, 0.2) is 0 Å². The van der Waals surface area contributed by atoms with E-state index in [4.69, 9.17) is 0 Å². The van der Waals surface area contributed by atoms with Gasteiger partial charge < -0.3 is 9.80 Å². The van der Waals surface area contributed by atoms with E-state index in [2.05, 4.69) is 35.9 Å². The Kier molecular flexibility index (Phi) is 6.41. The highest BCUT2D eigenvalue weighted by molar-refractivity contribution is 7.89. The average Bonchev–Trinajstić information content (AvgIpc) is 3.12. The number of likely N-dealkylation sites (N-methyl/N-ethyl adjacent to an activating group) is 1. The second-order valence-electron chi connectivity index (χ2n) is 7.64. The van der Waals surface area contributed by atoms with Gasteiger partial charge >= 0.3 is 0 Å². The molecule has 0 saturated carbocycles. The molecule has 1 aliphatic rings. The van der Waals surface area contributed by atoms with Crippen LogP contribution in [0, 0.1) is 0 Å². The number of sulfonamides is 1. The fraction of sp³-hybridized carbons (Fsp3) is 0.409. The third-order valence-electron chi connectivity index (χ3n) is 5.50. The molecule has 7 heteroatoms. The van der Waals surface area contributed by atoms with E-state index in [9.17, 15) is 13.2 Å². The Bertz CT molecular complexity index is 985. The minimum absolute atomic E-state index is 0.0274. The molecular weight excluding hydrogens is 386 g/mol. The van der Waals surface area contributed by atoms with Crippen molar-refractivity contribution < 1.29 is 13.2 Å². The van der Waals surface area contributed by atoms with Gasteiger partial charge in [0.1, 0.15) is 0 Å². The number of carbonyl (C=O) groups is 1. The van der Waals surface area contributed by atoms with Crippen molar-refractivity contribution >= 4 is 21.6 Å². The van der Waals surface area contributed by atoms with Crippen molar-refractivity contribution in [2.24, 2.45) is 0 Å². The minimum Gasteiger partial charge on any atom is -0.312 e. The quantitative estimate of drug-likeness (QED) is 0.755. The summed E-state index contributed by atoms with van der Waals surface area (Å²) in [5.41, 5.74) is 4.02. The van der Waals surface area contributed by atoms with E-state index < -0.39 is 10.0 Å². The molecule has 0 aromatic heterocycles. The maximum Gasteiger partial charge on any atom is 0.240 e. The number of nitrogens with one attached hydrogen (secondary N) is 1.